The molecule has 0 unspecified atom stereocenters. The maximum atomic E-state index is 12.6. The Balaban J connectivity index is 1.66. The van der Waals surface area contributed by atoms with Crippen LogP contribution in [-0.2, 0) is 6.54 Å². The summed E-state index contributed by atoms with van der Waals surface area (Å²) in [5, 5.41) is 15.6. The van der Waals surface area contributed by atoms with Crippen LogP contribution in [0.15, 0.2) is 35.0 Å². The number of piperazine rings is 1. The summed E-state index contributed by atoms with van der Waals surface area (Å²) < 4.78 is 0. The monoisotopic (exact) mass is 365 g/mol. The fourth-order valence-electron chi connectivity index (χ4n) is 2.76. The molecule has 0 spiro atoms. The molecule has 0 aliphatic carbocycles. The van der Waals surface area contributed by atoms with E-state index in [-0.39, 0.29) is 22.2 Å². The van der Waals surface area contributed by atoms with Gasteiger partial charge in [-0.25, -0.2) is 0 Å². The highest BCUT2D eigenvalue weighted by molar-refractivity contribution is 7.07. The van der Waals surface area contributed by atoms with Crippen LogP contribution in [0.4, 0.5) is 5.69 Å². The van der Waals surface area contributed by atoms with Crippen molar-refractivity contribution < 1.29 is 9.72 Å². The summed E-state index contributed by atoms with van der Waals surface area (Å²) in [6.07, 6.45) is 0. The number of hydrogen-bond donors (Lipinski definition) is 0. The van der Waals surface area contributed by atoms with Gasteiger partial charge in [0.05, 0.1) is 4.92 Å². The molecule has 1 aromatic carbocycles. The van der Waals surface area contributed by atoms with Crippen molar-refractivity contribution >= 4 is 34.5 Å². The Morgan fingerprint density at radius 3 is 2.62 bits per heavy atom. The normalized spacial score (nSPS) is 15.5. The number of amides is 1. The quantitative estimate of drug-likeness (QED) is 0.616. The van der Waals surface area contributed by atoms with Crippen LogP contribution < -0.4 is 0 Å². The Bertz CT molecular complexity index is 743. The molecule has 1 amide bonds. The second kappa shape index (κ2) is 7.29. The van der Waals surface area contributed by atoms with E-state index in [4.69, 9.17) is 11.6 Å². The lowest BCUT2D eigenvalue weighted by molar-refractivity contribution is -0.385. The molecule has 1 saturated heterocycles. The largest absolute Gasteiger partial charge is 0.336 e. The molecule has 8 heteroatoms. The van der Waals surface area contributed by atoms with Crippen LogP contribution in [0.2, 0.25) is 5.02 Å². The molecule has 2 aromatic rings. The number of carbonyl (C=O) groups excluding carboxylic acids is 1. The van der Waals surface area contributed by atoms with Crippen LogP contribution in [0.1, 0.15) is 15.9 Å². The Morgan fingerprint density at radius 2 is 2.00 bits per heavy atom. The number of hydrogen-bond acceptors (Lipinski definition) is 5. The van der Waals surface area contributed by atoms with Gasteiger partial charge in [0.15, 0.2) is 0 Å². The lowest BCUT2D eigenvalue weighted by Crippen LogP contribution is -2.48. The minimum Gasteiger partial charge on any atom is -0.336 e. The van der Waals surface area contributed by atoms with Gasteiger partial charge in [-0.05, 0) is 34.5 Å². The summed E-state index contributed by atoms with van der Waals surface area (Å²) in [7, 11) is 0. The molecule has 2 heterocycles. The number of benzene rings is 1. The SMILES string of the molecule is O=C(c1ccc(Cl)cc1[N+](=O)[O-])N1CCN(Cc2ccsc2)CC1. The van der Waals surface area contributed by atoms with E-state index in [2.05, 4.69) is 21.7 Å². The Hall–Kier alpha value is -1.96. The zero-order chi connectivity index (χ0) is 17.1. The third-order valence-corrected chi connectivity index (χ3v) is 5.00. The molecular weight excluding hydrogens is 350 g/mol. The van der Waals surface area contributed by atoms with Crippen LogP contribution in [0, 0.1) is 10.1 Å². The summed E-state index contributed by atoms with van der Waals surface area (Å²) >= 11 is 7.47. The van der Waals surface area contributed by atoms with Gasteiger partial charge in [-0.3, -0.25) is 19.8 Å². The van der Waals surface area contributed by atoms with Crippen molar-refractivity contribution in [2.45, 2.75) is 6.54 Å². The average Bonchev–Trinajstić information content (AvgIpc) is 3.08. The zero-order valence-electron chi connectivity index (χ0n) is 12.9. The number of nitro groups is 1. The molecule has 126 valence electrons. The average molecular weight is 366 g/mol. The Labute approximate surface area is 148 Å². The summed E-state index contributed by atoms with van der Waals surface area (Å²) in [5.41, 5.74) is 1.12. The highest BCUT2D eigenvalue weighted by Gasteiger charge is 2.27. The van der Waals surface area contributed by atoms with E-state index in [1.54, 1.807) is 16.2 Å². The predicted octanol–water partition coefficient (Wildman–Crippen LogP) is 3.27. The van der Waals surface area contributed by atoms with Gasteiger partial charge in [-0.1, -0.05) is 11.6 Å². The molecule has 0 N–H and O–H groups in total. The smallest absolute Gasteiger partial charge is 0.283 e. The fourth-order valence-corrected chi connectivity index (χ4v) is 3.58. The maximum absolute atomic E-state index is 12.6. The van der Waals surface area contributed by atoms with Crippen LogP contribution >= 0.6 is 22.9 Å². The number of nitro benzene ring substituents is 1. The Kier molecular flexibility index (Phi) is 5.13. The molecule has 1 aliphatic rings. The van der Waals surface area contributed by atoms with E-state index < -0.39 is 4.92 Å². The van der Waals surface area contributed by atoms with Crippen LogP contribution in [0.25, 0.3) is 0 Å². The van der Waals surface area contributed by atoms with E-state index in [0.717, 1.165) is 19.6 Å². The molecule has 0 atom stereocenters. The predicted molar refractivity (Wildman–Crippen MR) is 93.6 cm³/mol. The molecule has 0 bridgehead atoms. The molecule has 0 radical (unpaired) electrons. The van der Waals surface area contributed by atoms with Crippen LogP contribution in [0.5, 0.6) is 0 Å². The van der Waals surface area contributed by atoms with Crippen molar-refractivity contribution in [3.8, 4) is 0 Å². The van der Waals surface area contributed by atoms with Gasteiger partial charge in [0.1, 0.15) is 5.56 Å². The van der Waals surface area contributed by atoms with E-state index in [1.165, 1.54) is 23.8 Å². The fraction of sp³-hybridized carbons (Fsp3) is 0.312. The first kappa shape index (κ1) is 16.9. The highest BCUT2D eigenvalue weighted by atomic mass is 35.5. The van der Waals surface area contributed by atoms with Crippen molar-refractivity contribution in [1.82, 2.24) is 9.80 Å². The van der Waals surface area contributed by atoms with Gasteiger partial charge < -0.3 is 4.90 Å². The highest BCUT2D eigenvalue weighted by Crippen LogP contribution is 2.25. The Morgan fingerprint density at radius 1 is 1.25 bits per heavy atom. The van der Waals surface area contributed by atoms with Gasteiger partial charge in [-0.15, -0.1) is 0 Å². The third-order valence-electron chi connectivity index (χ3n) is 4.03. The molecule has 3 rings (SSSR count). The van der Waals surface area contributed by atoms with Crippen molar-refractivity contribution in [2.24, 2.45) is 0 Å². The minimum atomic E-state index is -0.564. The van der Waals surface area contributed by atoms with E-state index in [1.807, 2.05) is 0 Å². The summed E-state index contributed by atoms with van der Waals surface area (Å²) in [5.74, 6) is -0.312. The van der Waals surface area contributed by atoms with E-state index in [9.17, 15) is 14.9 Å². The number of nitrogens with zero attached hydrogens (tertiary/aromatic N) is 3. The van der Waals surface area contributed by atoms with Gasteiger partial charge in [-0.2, -0.15) is 11.3 Å². The molecule has 1 fully saturated rings. The zero-order valence-corrected chi connectivity index (χ0v) is 14.4. The second-order valence-corrected chi connectivity index (χ2v) is 6.83. The lowest BCUT2D eigenvalue weighted by Gasteiger charge is -2.34. The number of halogens is 1. The first-order chi connectivity index (χ1) is 11.5. The standard InChI is InChI=1S/C16H16ClN3O3S/c17-13-1-2-14(15(9-13)20(22)23)16(21)19-6-4-18(5-7-19)10-12-3-8-24-11-12/h1-3,8-9,11H,4-7,10H2. The van der Waals surface area contributed by atoms with Gasteiger partial charge in [0.2, 0.25) is 0 Å². The second-order valence-electron chi connectivity index (χ2n) is 5.62. The molecular formula is C16H16ClN3O3S. The van der Waals surface area contributed by atoms with E-state index >= 15 is 0 Å². The van der Waals surface area contributed by atoms with Crippen LogP contribution in [-0.4, -0.2) is 46.8 Å². The molecule has 1 aromatic heterocycles. The van der Waals surface area contributed by atoms with Crippen molar-refractivity contribution in [2.75, 3.05) is 26.2 Å². The number of rotatable bonds is 4. The van der Waals surface area contributed by atoms with Crippen LogP contribution in [0.3, 0.4) is 0 Å². The van der Waals surface area contributed by atoms with Gasteiger partial charge in [0, 0.05) is 43.8 Å². The van der Waals surface area contributed by atoms with Gasteiger partial charge in [0.25, 0.3) is 11.6 Å². The minimum absolute atomic E-state index is 0.0932. The summed E-state index contributed by atoms with van der Waals surface area (Å²) in [6, 6.07) is 6.26. The van der Waals surface area contributed by atoms with Gasteiger partial charge >= 0.3 is 0 Å². The molecule has 24 heavy (non-hydrogen) atoms. The molecule has 6 nitrogen and oxygen atoms in total. The first-order valence-corrected chi connectivity index (χ1v) is 8.83. The number of thiophene rings is 1. The summed E-state index contributed by atoms with van der Waals surface area (Å²) in [4.78, 5) is 27.2. The van der Waals surface area contributed by atoms with Crippen molar-refractivity contribution in [3.63, 3.8) is 0 Å². The molecule has 1 aliphatic heterocycles. The third kappa shape index (κ3) is 3.75. The van der Waals surface area contributed by atoms with Crippen molar-refractivity contribution in [3.05, 3.63) is 61.3 Å². The summed E-state index contributed by atoms with van der Waals surface area (Å²) in [6.45, 7) is 3.49. The maximum Gasteiger partial charge on any atom is 0.283 e. The van der Waals surface area contributed by atoms with Crippen molar-refractivity contribution in [1.29, 1.82) is 0 Å². The topological polar surface area (TPSA) is 66.7 Å². The van der Waals surface area contributed by atoms with E-state index in [0.29, 0.717) is 13.1 Å². The number of carbonyl (C=O) groups is 1. The first-order valence-electron chi connectivity index (χ1n) is 7.51. The molecule has 0 saturated carbocycles. The lowest BCUT2D eigenvalue weighted by atomic mass is 10.1.